The highest BCUT2D eigenvalue weighted by Gasteiger charge is 2.07. The molecule has 0 aliphatic heterocycles. The number of nitro benzene ring substituents is 1. The van der Waals surface area contributed by atoms with E-state index in [1.54, 1.807) is 36.4 Å². The number of benzene rings is 2. The van der Waals surface area contributed by atoms with Gasteiger partial charge in [0.2, 0.25) is 0 Å². The molecule has 0 spiro atoms. The lowest BCUT2D eigenvalue weighted by Crippen LogP contribution is -2.22. The number of carbonyl (C=O) groups excluding carboxylic acids is 1. The smallest absolute Gasteiger partial charge is 0.269 e. The molecule has 0 saturated heterocycles. The van der Waals surface area contributed by atoms with Crippen molar-refractivity contribution in [1.29, 1.82) is 0 Å². The Morgan fingerprint density at radius 3 is 2.14 bits per heavy atom. The summed E-state index contributed by atoms with van der Waals surface area (Å²) >= 11 is 5.69. The van der Waals surface area contributed by atoms with Crippen LogP contribution in [0.1, 0.15) is 21.5 Å². The Morgan fingerprint density at radius 1 is 1.05 bits per heavy atom. The van der Waals surface area contributed by atoms with E-state index < -0.39 is 4.92 Å². The molecule has 0 fully saturated rings. The van der Waals surface area contributed by atoms with E-state index in [1.165, 1.54) is 12.1 Å². The molecular formula is C15H13ClN2O3. The van der Waals surface area contributed by atoms with Gasteiger partial charge in [-0.05, 0) is 23.3 Å². The fraction of sp³-hybridized carbons (Fsp3) is 0.133. The number of nitrogens with zero attached hydrogens (tertiary/aromatic N) is 1. The van der Waals surface area contributed by atoms with E-state index in [0.29, 0.717) is 18.0 Å². The topological polar surface area (TPSA) is 72.2 Å². The van der Waals surface area contributed by atoms with Gasteiger partial charge in [0.1, 0.15) is 0 Å². The number of rotatable bonds is 5. The normalized spacial score (nSPS) is 10.1. The van der Waals surface area contributed by atoms with E-state index in [2.05, 4.69) is 5.32 Å². The molecule has 2 aromatic carbocycles. The van der Waals surface area contributed by atoms with Gasteiger partial charge < -0.3 is 5.32 Å². The number of non-ortho nitro benzene ring substituents is 1. The van der Waals surface area contributed by atoms with Crippen molar-refractivity contribution >= 4 is 23.2 Å². The van der Waals surface area contributed by atoms with Crippen molar-refractivity contribution in [1.82, 2.24) is 5.32 Å². The standard InChI is InChI=1S/C15H13ClN2O3/c16-9-11-1-5-13(6-2-11)15(19)17-10-12-3-7-14(8-4-12)18(20)21/h1-8H,9-10H2,(H,17,19). The van der Waals surface area contributed by atoms with E-state index in [4.69, 9.17) is 11.6 Å². The van der Waals surface area contributed by atoms with Gasteiger partial charge in [0, 0.05) is 30.1 Å². The van der Waals surface area contributed by atoms with Crippen molar-refractivity contribution in [2.45, 2.75) is 12.4 Å². The van der Waals surface area contributed by atoms with Crippen LogP contribution in [-0.2, 0) is 12.4 Å². The number of alkyl halides is 1. The third-order valence-corrected chi connectivity index (χ3v) is 3.28. The second-order valence-electron chi connectivity index (χ2n) is 4.44. The van der Waals surface area contributed by atoms with Crippen molar-refractivity contribution < 1.29 is 9.72 Å². The first-order chi connectivity index (χ1) is 10.1. The van der Waals surface area contributed by atoms with Crippen LogP contribution in [-0.4, -0.2) is 10.8 Å². The number of hydrogen-bond donors (Lipinski definition) is 1. The summed E-state index contributed by atoms with van der Waals surface area (Å²) < 4.78 is 0. The number of carbonyl (C=O) groups is 1. The Labute approximate surface area is 126 Å². The van der Waals surface area contributed by atoms with Gasteiger partial charge in [-0.1, -0.05) is 24.3 Å². The minimum atomic E-state index is -0.458. The SMILES string of the molecule is O=C(NCc1ccc([N+](=O)[O-])cc1)c1ccc(CCl)cc1. The van der Waals surface area contributed by atoms with E-state index in [1.807, 2.05) is 0 Å². The molecule has 0 aromatic heterocycles. The predicted molar refractivity (Wildman–Crippen MR) is 80.3 cm³/mol. The zero-order valence-electron chi connectivity index (χ0n) is 11.1. The summed E-state index contributed by atoms with van der Waals surface area (Å²) in [5, 5.41) is 13.3. The molecule has 6 heteroatoms. The summed E-state index contributed by atoms with van der Waals surface area (Å²) in [4.78, 5) is 22.0. The van der Waals surface area contributed by atoms with Gasteiger partial charge in [-0.25, -0.2) is 0 Å². The van der Waals surface area contributed by atoms with E-state index in [-0.39, 0.29) is 11.6 Å². The molecule has 108 valence electrons. The molecule has 0 aliphatic rings. The Balaban J connectivity index is 1.95. The van der Waals surface area contributed by atoms with Gasteiger partial charge in [0.15, 0.2) is 0 Å². The molecule has 5 nitrogen and oxygen atoms in total. The molecular weight excluding hydrogens is 292 g/mol. The minimum Gasteiger partial charge on any atom is -0.348 e. The fourth-order valence-electron chi connectivity index (χ4n) is 1.77. The lowest BCUT2D eigenvalue weighted by molar-refractivity contribution is -0.384. The van der Waals surface area contributed by atoms with Crippen LogP contribution < -0.4 is 5.32 Å². The van der Waals surface area contributed by atoms with Gasteiger partial charge in [0.05, 0.1) is 4.92 Å². The first-order valence-electron chi connectivity index (χ1n) is 6.26. The number of hydrogen-bond acceptors (Lipinski definition) is 3. The maximum absolute atomic E-state index is 11.9. The average molecular weight is 305 g/mol. The molecule has 0 bridgehead atoms. The summed E-state index contributed by atoms with van der Waals surface area (Å²) in [6.07, 6.45) is 0. The first-order valence-corrected chi connectivity index (χ1v) is 6.80. The molecule has 0 heterocycles. The average Bonchev–Trinajstić information content (AvgIpc) is 2.53. The lowest BCUT2D eigenvalue weighted by atomic mass is 10.1. The van der Waals surface area contributed by atoms with Crippen LogP contribution in [0.3, 0.4) is 0 Å². The van der Waals surface area contributed by atoms with Crippen molar-refractivity contribution in [2.24, 2.45) is 0 Å². The quantitative estimate of drug-likeness (QED) is 0.523. The molecule has 0 atom stereocenters. The second-order valence-corrected chi connectivity index (χ2v) is 4.70. The molecule has 1 N–H and O–H groups in total. The van der Waals surface area contributed by atoms with Gasteiger partial charge in [-0.2, -0.15) is 0 Å². The highest BCUT2D eigenvalue weighted by molar-refractivity contribution is 6.17. The third kappa shape index (κ3) is 4.03. The highest BCUT2D eigenvalue weighted by atomic mass is 35.5. The van der Waals surface area contributed by atoms with Crippen molar-refractivity contribution in [3.8, 4) is 0 Å². The maximum atomic E-state index is 11.9. The molecule has 0 unspecified atom stereocenters. The van der Waals surface area contributed by atoms with E-state index in [0.717, 1.165) is 11.1 Å². The van der Waals surface area contributed by atoms with Crippen LogP contribution in [0, 0.1) is 10.1 Å². The fourth-order valence-corrected chi connectivity index (χ4v) is 1.94. The molecule has 1 amide bonds. The molecule has 0 radical (unpaired) electrons. The van der Waals surface area contributed by atoms with Crippen molar-refractivity contribution in [3.63, 3.8) is 0 Å². The summed E-state index contributed by atoms with van der Waals surface area (Å²) in [6, 6.07) is 13.1. The van der Waals surface area contributed by atoms with Crippen molar-refractivity contribution in [2.75, 3.05) is 0 Å². The first kappa shape index (κ1) is 15.0. The largest absolute Gasteiger partial charge is 0.348 e. The van der Waals surface area contributed by atoms with Gasteiger partial charge >= 0.3 is 0 Å². The van der Waals surface area contributed by atoms with Gasteiger partial charge in [-0.15, -0.1) is 11.6 Å². The molecule has 21 heavy (non-hydrogen) atoms. The lowest BCUT2D eigenvalue weighted by Gasteiger charge is -2.06. The van der Waals surface area contributed by atoms with Crippen LogP contribution >= 0.6 is 11.6 Å². The monoisotopic (exact) mass is 304 g/mol. The van der Waals surface area contributed by atoms with E-state index in [9.17, 15) is 14.9 Å². The predicted octanol–water partition coefficient (Wildman–Crippen LogP) is 3.26. The summed E-state index contributed by atoms with van der Waals surface area (Å²) in [5.41, 5.74) is 2.32. The second kappa shape index (κ2) is 6.85. The molecule has 0 saturated carbocycles. The Kier molecular flexibility index (Phi) is 4.90. The Morgan fingerprint density at radius 2 is 1.62 bits per heavy atom. The van der Waals surface area contributed by atoms with Crippen LogP contribution in [0.25, 0.3) is 0 Å². The molecule has 2 rings (SSSR count). The van der Waals surface area contributed by atoms with E-state index >= 15 is 0 Å². The summed E-state index contributed by atoms with van der Waals surface area (Å²) in [6.45, 7) is 0.314. The number of nitro groups is 1. The number of amides is 1. The summed E-state index contributed by atoms with van der Waals surface area (Å²) in [7, 11) is 0. The zero-order valence-corrected chi connectivity index (χ0v) is 11.8. The van der Waals surface area contributed by atoms with Crippen LogP contribution in [0.5, 0.6) is 0 Å². The van der Waals surface area contributed by atoms with Crippen LogP contribution in [0.15, 0.2) is 48.5 Å². The Bertz CT molecular complexity index is 639. The van der Waals surface area contributed by atoms with Gasteiger partial charge in [0.25, 0.3) is 11.6 Å². The third-order valence-electron chi connectivity index (χ3n) is 2.97. The van der Waals surface area contributed by atoms with Crippen LogP contribution in [0.4, 0.5) is 5.69 Å². The summed E-state index contributed by atoms with van der Waals surface area (Å²) in [5.74, 6) is 0.208. The van der Waals surface area contributed by atoms with Crippen molar-refractivity contribution in [3.05, 3.63) is 75.3 Å². The zero-order chi connectivity index (χ0) is 15.2. The highest BCUT2D eigenvalue weighted by Crippen LogP contribution is 2.12. The number of nitrogens with one attached hydrogen (secondary N) is 1. The minimum absolute atomic E-state index is 0.0294. The van der Waals surface area contributed by atoms with Crippen LogP contribution in [0.2, 0.25) is 0 Å². The number of halogens is 1. The molecule has 2 aromatic rings. The molecule has 0 aliphatic carbocycles. The Hall–Kier alpha value is -2.40. The van der Waals surface area contributed by atoms with Gasteiger partial charge in [-0.3, -0.25) is 14.9 Å². The maximum Gasteiger partial charge on any atom is 0.269 e.